The van der Waals surface area contributed by atoms with Crippen molar-refractivity contribution in [1.82, 2.24) is 10.2 Å². The maximum Gasteiger partial charge on any atom is 0.240 e. The molecule has 3 unspecified atom stereocenters. The van der Waals surface area contributed by atoms with Gasteiger partial charge in [-0.3, -0.25) is 19.3 Å². The number of dihydropyridines is 1. The van der Waals surface area contributed by atoms with Gasteiger partial charge in [-0.2, -0.15) is 0 Å². The molecule has 0 spiro atoms. The predicted molar refractivity (Wildman–Crippen MR) is 145 cm³/mol. The van der Waals surface area contributed by atoms with E-state index < -0.39 is 0 Å². The Kier molecular flexibility index (Phi) is 7.50. The zero-order chi connectivity index (χ0) is 25.2. The summed E-state index contributed by atoms with van der Waals surface area (Å²) in [5.74, 6) is 0.0787. The second-order valence-electron chi connectivity index (χ2n) is 9.63. The first-order valence-electron chi connectivity index (χ1n) is 12.3. The number of nitrogens with zero attached hydrogens (tertiary/aromatic N) is 4. The molecule has 1 aromatic rings. The van der Waals surface area contributed by atoms with Gasteiger partial charge in [-0.15, -0.1) is 11.8 Å². The number of halogens is 1. The van der Waals surface area contributed by atoms with Gasteiger partial charge in [-0.25, -0.2) is 4.99 Å². The van der Waals surface area contributed by atoms with Crippen LogP contribution in [-0.4, -0.2) is 78.1 Å². The number of fused-ring (bicyclic) bond motifs is 1. The molecule has 5 rings (SSSR count). The lowest BCUT2D eigenvalue weighted by molar-refractivity contribution is -0.120. The third-order valence-corrected chi connectivity index (χ3v) is 8.61. The molecule has 0 aliphatic carbocycles. The number of hydrogen-bond acceptors (Lipinski definition) is 6. The van der Waals surface area contributed by atoms with Crippen LogP contribution < -0.4 is 15.1 Å². The first-order valence-corrected chi connectivity index (χ1v) is 13.7. The van der Waals surface area contributed by atoms with Crippen LogP contribution in [0, 0.1) is 5.92 Å². The molecule has 3 amide bonds. The highest BCUT2D eigenvalue weighted by Gasteiger charge is 2.34. The van der Waals surface area contributed by atoms with Crippen molar-refractivity contribution in [3.05, 3.63) is 48.2 Å². The summed E-state index contributed by atoms with van der Waals surface area (Å²) in [5, 5.41) is 3.18. The molecule has 0 saturated carbocycles. The molecule has 1 aromatic carbocycles. The summed E-state index contributed by atoms with van der Waals surface area (Å²) in [4.78, 5) is 47.9. The van der Waals surface area contributed by atoms with Gasteiger partial charge in [0, 0.05) is 43.9 Å². The van der Waals surface area contributed by atoms with Gasteiger partial charge in [0.25, 0.3) is 0 Å². The fraction of sp³-hybridized carbons (Fsp3) is 0.462. The molecule has 10 heteroatoms. The van der Waals surface area contributed by atoms with E-state index in [2.05, 4.69) is 15.2 Å². The van der Waals surface area contributed by atoms with Crippen molar-refractivity contribution in [2.24, 2.45) is 10.9 Å². The normalized spacial score (nSPS) is 25.6. The number of amides is 3. The van der Waals surface area contributed by atoms with Gasteiger partial charge in [0.2, 0.25) is 17.7 Å². The first kappa shape index (κ1) is 25.0. The van der Waals surface area contributed by atoms with Crippen LogP contribution in [0.15, 0.2) is 53.2 Å². The fourth-order valence-electron chi connectivity index (χ4n) is 4.98. The number of nitrogens with one attached hydrogen (secondary N) is 1. The smallest absolute Gasteiger partial charge is 0.240 e. The van der Waals surface area contributed by atoms with E-state index in [1.54, 1.807) is 22.9 Å². The van der Waals surface area contributed by atoms with Crippen molar-refractivity contribution in [2.45, 2.75) is 29.8 Å². The maximum absolute atomic E-state index is 12.7. The monoisotopic (exact) mass is 527 g/mol. The first-order chi connectivity index (χ1) is 17.4. The van der Waals surface area contributed by atoms with E-state index in [0.29, 0.717) is 31.2 Å². The molecular formula is C26H30ClN5O3S. The van der Waals surface area contributed by atoms with Gasteiger partial charge in [-0.1, -0.05) is 17.7 Å². The Morgan fingerprint density at radius 1 is 1.22 bits per heavy atom. The molecule has 190 valence electrons. The molecule has 4 heterocycles. The van der Waals surface area contributed by atoms with Crippen LogP contribution >= 0.6 is 23.4 Å². The predicted octanol–water partition coefficient (Wildman–Crippen LogP) is 2.79. The minimum absolute atomic E-state index is 0.0398. The molecule has 0 aromatic heterocycles. The zero-order valence-corrected chi connectivity index (χ0v) is 21.8. The van der Waals surface area contributed by atoms with E-state index in [1.165, 1.54) is 11.8 Å². The molecule has 36 heavy (non-hydrogen) atoms. The number of likely N-dealkylation sites (tertiary alicyclic amines) is 1. The summed E-state index contributed by atoms with van der Waals surface area (Å²) >= 11 is 7.50. The van der Waals surface area contributed by atoms with E-state index in [0.717, 1.165) is 43.0 Å². The number of allylic oxidation sites excluding steroid dienone is 1. The zero-order valence-electron chi connectivity index (χ0n) is 20.2. The van der Waals surface area contributed by atoms with Gasteiger partial charge in [0.15, 0.2) is 0 Å². The van der Waals surface area contributed by atoms with Crippen molar-refractivity contribution in [2.75, 3.05) is 49.6 Å². The number of rotatable bonds is 7. The second-order valence-corrected chi connectivity index (χ2v) is 11.3. The quantitative estimate of drug-likeness (QED) is 0.589. The highest BCUT2D eigenvalue weighted by molar-refractivity contribution is 8.02. The lowest BCUT2D eigenvalue weighted by atomic mass is 10.1. The molecule has 8 nitrogen and oxygen atoms in total. The van der Waals surface area contributed by atoms with E-state index >= 15 is 0 Å². The molecule has 4 aliphatic heterocycles. The van der Waals surface area contributed by atoms with Crippen molar-refractivity contribution in [3.63, 3.8) is 0 Å². The van der Waals surface area contributed by atoms with Crippen molar-refractivity contribution >= 4 is 57.6 Å². The van der Waals surface area contributed by atoms with Gasteiger partial charge in [-0.05, 0) is 62.3 Å². The van der Waals surface area contributed by atoms with Gasteiger partial charge in [0.1, 0.15) is 10.4 Å². The minimum Gasteiger partial charge on any atom is -0.355 e. The number of thioether (sulfide) groups is 1. The highest BCUT2D eigenvalue weighted by Crippen LogP contribution is 2.37. The Morgan fingerprint density at radius 2 is 1.97 bits per heavy atom. The molecule has 4 aliphatic rings. The Hall–Kier alpha value is -2.62. The Labute approximate surface area is 220 Å². The summed E-state index contributed by atoms with van der Waals surface area (Å²) in [6, 6.07) is 7.53. The Bertz CT molecular complexity index is 1130. The van der Waals surface area contributed by atoms with Crippen LogP contribution in [0.3, 0.4) is 0 Å². The number of carbonyl (C=O) groups is 3. The van der Waals surface area contributed by atoms with Crippen LogP contribution in [-0.2, 0) is 14.4 Å². The molecule has 2 fully saturated rings. The summed E-state index contributed by atoms with van der Waals surface area (Å²) in [6.45, 7) is 3.39. The molecule has 0 bridgehead atoms. The van der Waals surface area contributed by atoms with Crippen LogP contribution in [0.2, 0.25) is 0 Å². The largest absolute Gasteiger partial charge is 0.355 e. The lowest BCUT2D eigenvalue weighted by Gasteiger charge is -2.23. The lowest BCUT2D eigenvalue weighted by Crippen LogP contribution is -2.37. The van der Waals surface area contributed by atoms with E-state index in [-0.39, 0.29) is 34.1 Å². The number of anilines is 2. The molecule has 1 N–H and O–H groups in total. The van der Waals surface area contributed by atoms with E-state index in [1.807, 2.05) is 36.4 Å². The third-order valence-electron chi connectivity index (χ3n) is 7.06. The van der Waals surface area contributed by atoms with Gasteiger partial charge >= 0.3 is 0 Å². The average molecular weight is 528 g/mol. The van der Waals surface area contributed by atoms with Crippen LogP contribution in [0.5, 0.6) is 0 Å². The van der Waals surface area contributed by atoms with Crippen LogP contribution in [0.4, 0.5) is 11.4 Å². The second kappa shape index (κ2) is 10.8. The van der Waals surface area contributed by atoms with E-state index in [9.17, 15) is 14.4 Å². The summed E-state index contributed by atoms with van der Waals surface area (Å²) in [5.41, 5.74) is 2.43. The maximum atomic E-state index is 12.7. The summed E-state index contributed by atoms with van der Waals surface area (Å²) in [6.07, 6.45) is 8.27. The number of carbonyl (C=O) groups excluding carboxylic acids is 3. The fourth-order valence-corrected chi connectivity index (χ4v) is 6.33. The van der Waals surface area contributed by atoms with Gasteiger partial charge in [0.05, 0.1) is 17.5 Å². The summed E-state index contributed by atoms with van der Waals surface area (Å²) < 4.78 is 0. The minimum atomic E-state index is -0.313. The standard InChI is InChI=1S/C26H30ClN5O3S/c1-30(25(34)16-31-10-2-3-11-31)18-4-6-19(7-5-18)32-15-17(12-24(32)33)14-28-26(35)22-13-20-21(36-22)8-9-23(27)29-20/h4-9,13,17,21-22H,2-3,10-12,14-16H2,1H3,(H,28,35). The van der Waals surface area contributed by atoms with Crippen LogP contribution in [0.25, 0.3) is 0 Å². The van der Waals surface area contributed by atoms with Crippen molar-refractivity contribution in [3.8, 4) is 0 Å². The van der Waals surface area contributed by atoms with Crippen LogP contribution in [0.1, 0.15) is 19.3 Å². The molecular weight excluding hydrogens is 498 g/mol. The Balaban J connectivity index is 1.12. The van der Waals surface area contributed by atoms with Crippen molar-refractivity contribution in [1.29, 1.82) is 0 Å². The number of benzene rings is 1. The number of aliphatic imine (C=N–C) groups is 1. The van der Waals surface area contributed by atoms with E-state index in [4.69, 9.17) is 11.6 Å². The SMILES string of the molecule is CN(C(=O)CN1CCCC1)c1ccc(N2CC(CNC(=O)C3C=C4N=C(Cl)C=CC4S3)CC2=O)cc1. The molecule has 3 atom stereocenters. The summed E-state index contributed by atoms with van der Waals surface area (Å²) in [7, 11) is 1.79. The Morgan fingerprint density at radius 3 is 2.72 bits per heavy atom. The molecule has 2 saturated heterocycles. The average Bonchev–Trinajstić information content (AvgIpc) is 3.62. The van der Waals surface area contributed by atoms with Gasteiger partial charge < -0.3 is 15.1 Å². The van der Waals surface area contributed by atoms with Crippen molar-refractivity contribution < 1.29 is 14.4 Å². The number of likely N-dealkylation sites (N-methyl/N-ethyl adjacent to an activating group) is 1. The number of hydrogen-bond donors (Lipinski definition) is 1. The molecule has 0 radical (unpaired) electrons. The highest BCUT2D eigenvalue weighted by atomic mass is 35.5. The third kappa shape index (κ3) is 5.53. The topological polar surface area (TPSA) is 85.3 Å².